The molecule has 0 aliphatic heterocycles. The molecule has 0 aromatic heterocycles. The van der Waals surface area contributed by atoms with Crippen molar-refractivity contribution in [2.75, 3.05) is 13.2 Å². The van der Waals surface area contributed by atoms with Crippen molar-refractivity contribution in [1.82, 2.24) is 0 Å². The summed E-state index contributed by atoms with van der Waals surface area (Å²) in [4.78, 5) is 10.3. The lowest BCUT2D eigenvalue weighted by atomic mass is 9.92. The van der Waals surface area contributed by atoms with Gasteiger partial charge in [0.15, 0.2) is 0 Å². The zero-order valence-electron chi connectivity index (χ0n) is 11.7. The van der Waals surface area contributed by atoms with E-state index < -0.39 is 5.97 Å². The standard InChI is InChI=1S/C15H22O3/c1-10-9-11(2)13(4)14(12(10)3)5-7-18-8-6-15(16)17/h9H,5-8H2,1-4H3,(H,16,17). The van der Waals surface area contributed by atoms with E-state index >= 15 is 0 Å². The van der Waals surface area contributed by atoms with E-state index in [1.54, 1.807) is 0 Å². The van der Waals surface area contributed by atoms with E-state index in [1.165, 1.54) is 27.8 Å². The molecule has 1 aromatic carbocycles. The van der Waals surface area contributed by atoms with Crippen LogP contribution in [0.3, 0.4) is 0 Å². The second-order valence-electron chi connectivity index (χ2n) is 4.75. The minimum Gasteiger partial charge on any atom is -0.481 e. The third kappa shape index (κ3) is 3.84. The van der Waals surface area contributed by atoms with Gasteiger partial charge in [0.05, 0.1) is 19.6 Å². The van der Waals surface area contributed by atoms with Gasteiger partial charge < -0.3 is 9.84 Å². The Morgan fingerprint density at radius 3 is 2.17 bits per heavy atom. The van der Waals surface area contributed by atoms with Gasteiger partial charge >= 0.3 is 5.97 Å². The summed E-state index contributed by atoms with van der Waals surface area (Å²) in [6, 6.07) is 2.21. The Hall–Kier alpha value is -1.35. The fourth-order valence-electron chi connectivity index (χ4n) is 2.11. The van der Waals surface area contributed by atoms with Gasteiger partial charge in [0.2, 0.25) is 0 Å². The Labute approximate surface area is 109 Å². The number of aryl methyl sites for hydroxylation is 2. The van der Waals surface area contributed by atoms with Crippen LogP contribution in [0.5, 0.6) is 0 Å². The van der Waals surface area contributed by atoms with Gasteiger partial charge in [-0.25, -0.2) is 0 Å². The fourth-order valence-corrected chi connectivity index (χ4v) is 2.11. The second-order valence-corrected chi connectivity index (χ2v) is 4.75. The Kier molecular flexibility index (Phi) is 5.35. The van der Waals surface area contributed by atoms with Crippen LogP contribution in [-0.2, 0) is 16.0 Å². The zero-order chi connectivity index (χ0) is 13.7. The molecule has 0 saturated carbocycles. The van der Waals surface area contributed by atoms with Crippen LogP contribution in [0.15, 0.2) is 6.07 Å². The van der Waals surface area contributed by atoms with Crippen molar-refractivity contribution in [3.63, 3.8) is 0 Å². The molecule has 0 saturated heterocycles. The van der Waals surface area contributed by atoms with Gasteiger partial charge in [0.1, 0.15) is 0 Å². The van der Waals surface area contributed by atoms with Crippen LogP contribution in [-0.4, -0.2) is 24.3 Å². The van der Waals surface area contributed by atoms with Crippen LogP contribution in [0.4, 0.5) is 0 Å². The van der Waals surface area contributed by atoms with E-state index in [-0.39, 0.29) is 13.0 Å². The molecule has 1 aromatic rings. The lowest BCUT2D eigenvalue weighted by Crippen LogP contribution is -2.07. The van der Waals surface area contributed by atoms with Crippen molar-refractivity contribution in [2.45, 2.75) is 40.5 Å². The SMILES string of the molecule is Cc1cc(C)c(C)c(CCOCCC(=O)O)c1C. The van der Waals surface area contributed by atoms with Gasteiger partial charge in [-0.1, -0.05) is 6.07 Å². The average Bonchev–Trinajstić information content (AvgIpc) is 2.30. The van der Waals surface area contributed by atoms with Crippen LogP contribution in [0.2, 0.25) is 0 Å². The predicted octanol–water partition coefficient (Wildman–Crippen LogP) is 2.95. The zero-order valence-corrected chi connectivity index (χ0v) is 11.7. The third-order valence-corrected chi connectivity index (χ3v) is 3.48. The Morgan fingerprint density at radius 1 is 1.11 bits per heavy atom. The van der Waals surface area contributed by atoms with Crippen LogP contribution < -0.4 is 0 Å². The number of carboxylic acids is 1. The molecule has 0 aliphatic carbocycles. The number of ether oxygens (including phenoxy) is 1. The van der Waals surface area contributed by atoms with Gasteiger partial charge in [-0.3, -0.25) is 4.79 Å². The van der Waals surface area contributed by atoms with Crippen molar-refractivity contribution in [1.29, 1.82) is 0 Å². The predicted molar refractivity (Wildman–Crippen MR) is 72.2 cm³/mol. The van der Waals surface area contributed by atoms with E-state index in [2.05, 4.69) is 33.8 Å². The summed E-state index contributed by atoms with van der Waals surface area (Å²) in [6.07, 6.45) is 0.921. The first kappa shape index (κ1) is 14.7. The highest BCUT2D eigenvalue weighted by molar-refractivity contribution is 5.66. The van der Waals surface area contributed by atoms with Crippen LogP contribution in [0.1, 0.15) is 34.2 Å². The quantitative estimate of drug-likeness (QED) is 0.790. The number of carbonyl (C=O) groups is 1. The lowest BCUT2D eigenvalue weighted by molar-refractivity contribution is -0.138. The third-order valence-electron chi connectivity index (χ3n) is 3.48. The molecule has 1 rings (SSSR count). The van der Waals surface area contributed by atoms with Gasteiger partial charge in [0.25, 0.3) is 0 Å². The van der Waals surface area contributed by atoms with Crippen molar-refractivity contribution in [3.8, 4) is 0 Å². The molecule has 0 bridgehead atoms. The maximum Gasteiger partial charge on any atom is 0.305 e. The molecule has 18 heavy (non-hydrogen) atoms. The molecule has 1 N–H and O–H groups in total. The maximum atomic E-state index is 10.3. The minimum atomic E-state index is -0.811. The number of hydrogen-bond acceptors (Lipinski definition) is 2. The lowest BCUT2D eigenvalue weighted by Gasteiger charge is -2.15. The molecular weight excluding hydrogens is 228 g/mol. The first-order chi connectivity index (χ1) is 8.43. The van der Waals surface area contributed by atoms with Crippen molar-refractivity contribution < 1.29 is 14.6 Å². The summed E-state index contributed by atoms with van der Waals surface area (Å²) in [6.45, 7) is 9.38. The number of rotatable bonds is 6. The summed E-state index contributed by atoms with van der Waals surface area (Å²) in [5.74, 6) is -0.811. The number of hydrogen-bond donors (Lipinski definition) is 1. The number of benzene rings is 1. The average molecular weight is 250 g/mol. The minimum absolute atomic E-state index is 0.0742. The Bertz CT molecular complexity index is 410. The number of carboxylic acid groups (broad SMARTS) is 1. The second kappa shape index (κ2) is 6.55. The topological polar surface area (TPSA) is 46.5 Å². The normalized spacial score (nSPS) is 10.7. The van der Waals surface area contributed by atoms with E-state index in [0.717, 1.165) is 6.42 Å². The molecular formula is C15H22O3. The molecule has 0 aliphatic rings. The summed E-state index contributed by atoms with van der Waals surface area (Å²) in [5.41, 5.74) is 6.58. The first-order valence-electron chi connectivity index (χ1n) is 6.29. The van der Waals surface area contributed by atoms with E-state index in [1.807, 2.05) is 0 Å². The van der Waals surface area contributed by atoms with Gasteiger partial charge in [-0.2, -0.15) is 0 Å². The van der Waals surface area contributed by atoms with Gasteiger partial charge in [0, 0.05) is 0 Å². The molecule has 0 amide bonds. The van der Waals surface area contributed by atoms with Crippen molar-refractivity contribution in [2.24, 2.45) is 0 Å². The molecule has 0 heterocycles. The van der Waals surface area contributed by atoms with Gasteiger partial charge in [-0.15, -0.1) is 0 Å². The summed E-state index contributed by atoms with van der Waals surface area (Å²) in [7, 11) is 0. The first-order valence-corrected chi connectivity index (χ1v) is 6.29. The molecule has 0 unspecified atom stereocenters. The van der Waals surface area contributed by atoms with Crippen molar-refractivity contribution >= 4 is 5.97 Å². The molecule has 0 fully saturated rings. The molecule has 0 atom stereocenters. The van der Waals surface area contributed by atoms with E-state index in [4.69, 9.17) is 9.84 Å². The summed E-state index contributed by atoms with van der Waals surface area (Å²) < 4.78 is 5.36. The monoisotopic (exact) mass is 250 g/mol. The molecule has 100 valence electrons. The summed E-state index contributed by atoms with van der Waals surface area (Å²) in [5, 5.41) is 8.51. The highest BCUT2D eigenvalue weighted by atomic mass is 16.5. The summed E-state index contributed by atoms with van der Waals surface area (Å²) >= 11 is 0. The molecule has 3 heteroatoms. The highest BCUT2D eigenvalue weighted by Crippen LogP contribution is 2.22. The van der Waals surface area contributed by atoms with Crippen molar-refractivity contribution in [3.05, 3.63) is 33.9 Å². The van der Waals surface area contributed by atoms with E-state index in [0.29, 0.717) is 6.61 Å². The molecule has 0 radical (unpaired) electrons. The van der Waals surface area contributed by atoms with Crippen LogP contribution >= 0.6 is 0 Å². The maximum absolute atomic E-state index is 10.3. The number of aliphatic carboxylic acids is 1. The van der Waals surface area contributed by atoms with Crippen LogP contribution in [0, 0.1) is 27.7 Å². The van der Waals surface area contributed by atoms with E-state index in [9.17, 15) is 4.79 Å². The highest BCUT2D eigenvalue weighted by Gasteiger charge is 2.08. The molecule has 3 nitrogen and oxygen atoms in total. The van der Waals surface area contributed by atoms with Crippen LogP contribution in [0.25, 0.3) is 0 Å². The molecule has 0 spiro atoms. The van der Waals surface area contributed by atoms with Gasteiger partial charge in [-0.05, 0) is 61.9 Å². The smallest absolute Gasteiger partial charge is 0.305 e. The largest absolute Gasteiger partial charge is 0.481 e. The Morgan fingerprint density at radius 2 is 1.67 bits per heavy atom. The Balaban J connectivity index is 2.59. The fraction of sp³-hybridized carbons (Fsp3) is 0.533.